The third-order valence-electron chi connectivity index (χ3n) is 2.63. The minimum Gasteiger partial charge on any atom is -0.368 e. The number of rotatable bonds is 5. The maximum Gasteiger partial charge on any atom is 0.244 e. The van der Waals surface area contributed by atoms with Crippen molar-refractivity contribution in [3.8, 4) is 0 Å². The Morgan fingerprint density at radius 2 is 1.95 bits per heavy atom. The molecule has 0 aliphatic rings. The van der Waals surface area contributed by atoms with E-state index in [0.717, 1.165) is 6.07 Å². The third-order valence-corrected chi connectivity index (χ3v) is 4.09. The highest BCUT2D eigenvalue weighted by Gasteiger charge is 2.28. The van der Waals surface area contributed by atoms with E-state index in [1.54, 1.807) is 20.8 Å². The van der Waals surface area contributed by atoms with Crippen LogP contribution in [0, 0.1) is 18.7 Å². The summed E-state index contributed by atoms with van der Waals surface area (Å²) >= 11 is 0. The lowest BCUT2D eigenvalue weighted by Gasteiger charge is -2.19. The van der Waals surface area contributed by atoms with Crippen molar-refractivity contribution in [2.45, 2.75) is 31.7 Å². The molecule has 1 atom stereocenters. The van der Waals surface area contributed by atoms with Crippen LogP contribution in [0.15, 0.2) is 23.1 Å². The lowest BCUT2D eigenvalue weighted by Crippen LogP contribution is -2.47. The first-order valence-electron chi connectivity index (χ1n) is 5.73. The van der Waals surface area contributed by atoms with Crippen LogP contribution < -0.4 is 10.5 Å². The Bertz CT molecular complexity index is 585. The standard InChI is InChI=1S/C12H17FN2O3S/c1-7(2)11(12(14)16)15-19(17,18)10-6-8(3)4-5-9(10)13/h4-7,11,15H,1-3H3,(H2,14,16)/t11-/m1/s1. The van der Waals surface area contributed by atoms with Crippen molar-refractivity contribution in [1.82, 2.24) is 4.72 Å². The van der Waals surface area contributed by atoms with Gasteiger partial charge in [-0.3, -0.25) is 4.79 Å². The molecular formula is C12H17FN2O3S. The second-order valence-electron chi connectivity index (χ2n) is 4.68. The highest BCUT2D eigenvalue weighted by atomic mass is 32.2. The molecule has 0 saturated heterocycles. The highest BCUT2D eigenvalue weighted by molar-refractivity contribution is 7.89. The molecule has 0 unspecified atom stereocenters. The molecule has 5 nitrogen and oxygen atoms in total. The van der Waals surface area contributed by atoms with E-state index in [9.17, 15) is 17.6 Å². The Balaban J connectivity index is 3.17. The van der Waals surface area contributed by atoms with Gasteiger partial charge in [-0.1, -0.05) is 19.9 Å². The Labute approximate surface area is 112 Å². The van der Waals surface area contributed by atoms with Crippen LogP contribution in [0.3, 0.4) is 0 Å². The van der Waals surface area contributed by atoms with Gasteiger partial charge in [0.1, 0.15) is 16.8 Å². The van der Waals surface area contributed by atoms with Crippen LogP contribution in [0.1, 0.15) is 19.4 Å². The van der Waals surface area contributed by atoms with E-state index in [4.69, 9.17) is 5.73 Å². The molecule has 0 aliphatic carbocycles. The molecule has 0 saturated carbocycles. The van der Waals surface area contributed by atoms with Crippen LogP contribution in [0.5, 0.6) is 0 Å². The van der Waals surface area contributed by atoms with Crippen LogP contribution in [0.2, 0.25) is 0 Å². The number of primary amides is 1. The van der Waals surface area contributed by atoms with E-state index >= 15 is 0 Å². The van der Waals surface area contributed by atoms with Gasteiger partial charge in [-0.25, -0.2) is 12.8 Å². The van der Waals surface area contributed by atoms with Crippen molar-refractivity contribution < 1.29 is 17.6 Å². The minimum absolute atomic E-state index is 0.333. The molecule has 106 valence electrons. The Morgan fingerprint density at radius 1 is 1.37 bits per heavy atom. The maximum absolute atomic E-state index is 13.6. The molecule has 3 N–H and O–H groups in total. The fourth-order valence-electron chi connectivity index (χ4n) is 1.57. The minimum atomic E-state index is -4.13. The summed E-state index contributed by atoms with van der Waals surface area (Å²) in [6, 6.07) is 2.65. The summed E-state index contributed by atoms with van der Waals surface area (Å²) in [6.45, 7) is 4.93. The van der Waals surface area contributed by atoms with Crippen LogP contribution >= 0.6 is 0 Å². The quantitative estimate of drug-likeness (QED) is 0.844. The second-order valence-corrected chi connectivity index (χ2v) is 6.36. The van der Waals surface area contributed by atoms with Gasteiger partial charge in [0.2, 0.25) is 15.9 Å². The zero-order valence-corrected chi connectivity index (χ0v) is 11.8. The maximum atomic E-state index is 13.6. The van der Waals surface area contributed by atoms with Gasteiger partial charge in [0.05, 0.1) is 0 Å². The first-order chi connectivity index (χ1) is 8.65. The predicted octanol–water partition coefficient (Wildman–Crippen LogP) is 0.922. The number of halogens is 1. The topological polar surface area (TPSA) is 89.3 Å². The van der Waals surface area contributed by atoms with Crippen molar-refractivity contribution in [1.29, 1.82) is 0 Å². The van der Waals surface area contributed by atoms with Crippen molar-refractivity contribution in [2.75, 3.05) is 0 Å². The molecule has 1 aromatic carbocycles. The summed E-state index contributed by atoms with van der Waals surface area (Å²) in [6.07, 6.45) is 0. The number of aryl methyl sites for hydroxylation is 1. The lowest BCUT2D eigenvalue weighted by molar-refractivity contribution is -0.120. The molecule has 1 aromatic rings. The fourth-order valence-corrected chi connectivity index (χ4v) is 3.09. The molecule has 19 heavy (non-hydrogen) atoms. The molecule has 0 spiro atoms. The van der Waals surface area contributed by atoms with Gasteiger partial charge in [0.25, 0.3) is 0 Å². The average Bonchev–Trinajstić information content (AvgIpc) is 2.28. The smallest absolute Gasteiger partial charge is 0.244 e. The van der Waals surface area contributed by atoms with Crippen molar-refractivity contribution in [3.63, 3.8) is 0 Å². The van der Waals surface area contributed by atoms with E-state index in [1.165, 1.54) is 12.1 Å². The van der Waals surface area contributed by atoms with Crippen molar-refractivity contribution >= 4 is 15.9 Å². The van der Waals surface area contributed by atoms with Gasteiger partial charge in [0, 0.05) is 0 Å². The second kappa shape index (κ2) is 5.66. The molecule has 0 aliphatic heterocycles. The summed E-state index contributed by atoms with van der Waals surface area (Å²) in [7, 11) is -4.13. The fraction of sp³-hybridized carbons (Fsp3) is 0.417. The van der Waals surface area contributed by atoms with Crippen LogP contribution in [0.4, 0.5) is 4.39 Å². The normalized spacial score (nSPS) is 13.5. The van der Waals surface area contributed by atoms with Crippen LogP contribution in [0.25, 0.3) is 0 Å². The average molecular weight is 288 g/mol. The van der Waals surface area contributed by atoms with E-state index in [1.807, 2.05) is 0 Å². The zero-order valence-electron chi connectivity index (χ0n) is 11.0. The van der Waals surface area contributed by atoms with Gasteiger partial charge in [0.15, 0.2) is 0 Å². The monoisotopic (exact) mass is 288 g/mol. The van der Waals surface area contributed by atoms with Gasteiger partial charge in [-0.15, -0.1) is 0 Å². The summed E-state index contributed by atoms with van der Waals surface area (Å²) < 4.78 is 39.8. The highest BCUT2D eigenvalue weighted by Crippen LogP contribution is 2.17. The molecule has 0 bridgehead atoms. The number of nitrogens with one attached hydrogen (secondary N) is 1. The molecule has 0 radical (unpaired) electrons. The summed E-state index contributed by atoms with van der Waals surface area (Å²) in [5.41, 5.74) is 5.73. The SMILES string of the molecule is Cc1ccc(F)c(S(=O)(=O)N[C@@H](C(N)=O)C(C)C)c1. The third kappa shape index (κ3) is 3.74. The molecule has 7 heteroatoms. The zero-order chi connectivity index (χ0) is 14.8. The van der Waals surface area contributed by atoms with E-state index in [2.05, 4.69) is 4.72 Å². The Hall–Kier alpha value is -1.47. The van der Waals surface area contributed by atoms with Crippen LogP contribution in [-0.4, -0.2) is 20.4 Å². The predicted molar refractivity (Wildman–Crippen MR) is 69.3 cm³/mol. The number of carbonyl (C=O) groups is 1. The first-order valence-corrected chi connectivity index (χ1v) is 7.21. The first kappa shape index (κ1) is 15.6. The van der Waals surface area contributed by atoms with Crippen LogP contribution in [-0.2, 0) is 14.8 Å². The Morgan fingerprint density at radius 3 is 2.42 bits per heavy atom. The van der Waals surface area contributed by atoms with E-state index in [0.29, 0.717) is 5.56 Å². The van der Waals surface area contributed by atoms with Crippen molar-refractivity contribution in [3.05, 3.63) is 29.6 Å². The molecular weight excluding hydrogens is 271 g/mol. The molecule has 0 heterocycles. The number of carbonyl (C=O) groups excluding carboxylic acids is 1. The van der Waals surface area contributed by atoms with Crippen molar-refractivity contribution in [2.24, 2.45) is 11.7 Å². The molecule has 0 aromatic heterocycles. The largest absolute Gasteiger partial charge is 0.368 e. The number of hydrogen-bond acceptors (Lipinski definition) is 3. The van der Waals surface area contributed by atoms with E-state index in [-0.39, 0.29) is 5.92 Å². The molecule has 0 fully saturated rings. The molecule has 1 rings (SSSR count). The van der Waals surface area contributed by atoms with Gasteiger partial charge >= 0.3 is 0 Å². The van der Waals surface area contributed by atoms with Gasteiger partial charge in [-0.05, 0) is 30.5 Å². The van der Waals surface area contributed by atoms with E-state index < -0.39 is 32.7 Å². The number of hydrogen-bond donors (Lipinski definition) is 2. The van der Waals surface area contributed by atoms with Gasteiger partial charge in [-0.2, -0.15) is 4.72 Å². The number of amides is 1. The number of benzene rings is 1. The Kier molecular flexibility index (Phi) is 4.65. The van der Waals surface area contributed by atoms with Gasteiger partial charge < -0.3 is 5.73 Å². The number of nitrogens with two attached hydrogens (primary N) is 1. The number of sulfonamides is 1. The lowest BCUT2D eigenvalue weighted by atomic mass is 10.1. The summed E-state index contributed by atoms with van der Waals surface area (Å²) in [5, 5.41) is 0. The summed E-state index contributed by atoms with van der Waals surface area (Å²) in [5.74, 6) is -2.00. The molecule has 1 amide bonds. The summed E-state index contributed by atoms with van der Waals surface area (Å²) in [4.78, 5) is 10.7.